The van der Waals surface area contributed by atoms with E-state index in [9.17, 15) is 5.11 Å². The number of phenols is 1. The largest absolute Gasteiger partial charge is 0.508 e. The number of hydrogen-bond donors (Lipinski definition) is 1. The fourth-order valence-corrected chi connectivity index (χ4v) is 2.31. The number of para-hydroxylation sites is 2. The molecule has 0 heterocycles. The summed E-state index contributed by atoms with van der Waals surface area (Å²) in [6.45, 7) is 1.96. The van der Waals surface area contributed by atoms with Crippen LogP contribution in [0, 0.1) is 0 Å². The lowest BCUT2D eigenvalue weighted by atomic mass is 10.1. The van der Waals surface area contributed by atoms with Gasteiger partial charge in [0, 0.05) is 0 Å². The van der Waals surface area contributed by atoms with Crippen LogP contribution in [0.4, 0.5) is 11.4 Å². The van der Waals surface area contributed by atoms with Crippen molar-refractivity contribution in [2.75, 3.05) is 5.01 Å². The molecule has 3 aromatic rings. The van der Waals surface area contributed by atoms with Gasteiger partial charge in [-0.05, 0) is 61.0 Å². The van der Waals surface area contributed by atoms with Gasteiger partial charge in [-0.3, -0.25) is 0 Å². The lowest BCUT2D eigenvalue weighted by Gasteiger charge is -2.20. The average Bonchev–Trinajstić information content (AvgIpc) is 2.61. The summed E-state index contributed by atoms with van der Waals surface area (Å²) in [6, 6.07) is 27.1. The van der Waals surface area contributed by atoms with Crippen LogP contribution in [-0.4, -0.2) is 10.8 Å². The molecule has 0 aliphatic carbocycles. The first-order valence-corrected chi connectivity index (χ1v) is 7.49. The van der Waals surface area contributed by atoms with Crippen molar-refractivity contribution >= 4 is 17.1 Å². The lowest BCUT2D eigenvalue weighted by molar-refractivity contribution is 0.475. The van der Waals surface area contributed by atoms with Crippen LogP contribution < -0.4 is 5.01 Å². The molecule has 0 saturated carbocycles. The maximum absolute atomic E-state index is 9.43. The van der Waals surface area contributed by atoms with Crippen molar-refractivity contribution in [3.8, 4) is 5.75 Å². The number of nitrogens with zero attached hydrogens (tertiary/aromatic N) is 2. The van der Waals surface area contributed by atoms with E-state index in [1.807, 2.05) is 84.7 Å². The van der Waals surface area contributed by atoms with Gasteiger partial charge in [0.1, 0.15) is 5.75 Å². The lowest BCUT2D eigenvalue weighted by Crippen LogP contribution is -2.12. The minimum absolute atomic E-state index is 0.254. The van der Waals surface area contributed by atoms with Gasteiger partial charge >= 0.3 is 0 Å². The van der Waals surface area contributed by atoms with Gasteiger partial charge in [0.15, 0.2) is 0 Å². The second-order valence-electron chi connectivity index (χ2n) is 5.22. The normalized spacial score (nSPS) is 11.3. The predicted octanol–water partition coefficient (Wildman–Crippen LogP) is 4.95. The average molecular weight is 302 g/mol. The molecular weight excluding hydrogens is 284 g/mol. The van der Waals surface area contributed by atoms with E-state index in [-0.39, 0.29) is 5.75 Å². The highest BCUT2D eigenvalue weighted by atomic mass is 16.3. The van der Waals surface area contributed by atoms with Crippen molar-refractivity contribution in [2.45, 2.75) is 6.92 Å². The number of rotatable bonds is 4. The van der Waals surface area contributed by atoms with Gasteiger partial charge < -0.3 is 5.11 Å². The van der Waals surface area contributed by atoms with Crippen LogP contribution in [0.15, 0.2) is 90.0 Å². The second-order valence-corrected chi connectivity index (χ2v) is 5.22. The van der Waals surface area contributed by atoms with E-state index >= 15 is 0 Å². The molecule has 3 aromatic carbocycles. The van der Waals surface area contributed by atoms with Crippen LogP contribution in [0.2, 0.25) is 0 Å². The molecule has 0 radical (unpaired) electrons. The molecule has 0 aromatic heterocycles. The van der Waals surface area contributed by atoms with Crippen LogP contribution in [0.5, 0.6) is 5.75 Å². The topological polar surface area (TPSA) is 35.8 Å². The van der Waals surface area contributed by atoms with E-state index in [2.05, 4.69) is 0 Å². The summed E-state index contributed by atoms with van der Waals surface area (Å²) in [5, 5.41) is 16.1. The Balaban J connectivity index is 2.02. The summed E-state index contributed by atoms with van der Waals surface area (Å²) in [4.78, 5) is 0. The van der Waals surface area contributed by atoms with Gasteiger partial charge in [-0.1, -0.05) is 36.4 Å². The quantitative estimate of drug-likeness (QED) is 0.546. The first-order chi connectivity index (χ1) is 11.2. The molecule has 114 valence electrons. The summed E-state index contributed by atoms with van der Waals surface area (Å²) >= 11 is 0. The number of hydrogen-bond acceptors (Lipinski definition) is 3. The molecule has 23 heavy (non-hydrogen) atoms. The predicted molar refractivity (Wildman–Crippen MR) is 95.3 cm³/mol. The fraction of sp³-hybridized carbons (Fsp3) is 0.0500. The second kappa shape index (κ2) is 6.79. The number of anilines is 2. The maximum Gasteiger partial charge on any atom is 0.115 e. The number of benzene rings is 3. The Labute approximate surface area is 136 Å². The van der Waals surface area contributed by atoms with E-state index in [1.165, 1.54) is 0 Å². The van der Waals surface area contributed by atoms with Crippen molar-refractivity contribution in [3.05, 3.63) is 90.5 Å². The highest BCUT2D eigenvalue weighted by Crippen LogP contribution is 2.26. The Hall–Kier alpha value is -3.07. The molecule has 3 nitrogen and oxygen atoms in total. The van der Waals surface area contributed by atoms with Crippen LogP contribution >= 0.6 is 0 Å². The van der Waals surface area contributed by atoms with E-state index in [4.69, 9.17) is 5.10 Å². The molecular formula is C20H18N2O. The zero-order chi connectivity index (χ0) is 16.1. The molecule has 3 heteroatoms. The third kappa shape index (κ3) is 3.58. The van der Waals surface area contributed by atoms with Crippen molar-refractivity contribution in [3.63, 3.8) is 0 Å². The van der Waals surface area contributed by atoms with Crippen LogP contribution in [0.3, 0.4) is 0 Å². The summed E-state index contributed by atoms with van der Waals surface area (Å²) in [5.74, 6) is 0.254. The SMILES string of the molecule is CC(=NN(c1ccccc1)c1ccccc1)c1ccc(O)cc1. The Bertz CT molecular complexity index is 741. The van der Waals surface area contributed by atoms with E-state index in [0.717, 1.165) is 22.6 Å². The highest BCUT2D eigenvalue weighted by molar-refractivity contribution is 5.99. The van der Waals surface area contributed by atoms with Gasteiger partial charge in [-0.15, -0.1) is 0 Å². The van der Waals surface area contributed by atoms with Gasteiger partial charge in [0.05, 0.1) is 17.1 Å². The highest BCUT2D eigenvalue weighted by Gasteiger charge is 2.08. The van der Waals surface area contributed by atoms with Crippen LogP contribution in [0.1, 0.15) is 12.5 Å². The molecule has 0 fully saturated rings. The van der Waals surface area contributed by atoms with Gasteiger partial charge in [0.2, 0.25) is 0 Å². The summed E-state index contributed by atoms with van der Waals surface area (Å²) < 4.78 is 0. The monoisotopic (exact) mass is 302 g/mol. The van der Waals surface area contributed by atoms with Crippen LogP contribution in [0.25, 0.3) is 0 Å². The fourth-order valence-electron chi connectivity index (χ4n) is 2.31. The minimum atomic E-state index is 0.254. The standard InChI is InChI=1S/C20H18N2O/c1-16(17-12-14-20(23)15-13-17)21-22(18-8-4-2-5-9-18)19-10-6-3-7-11-19/h2-15,23H,1H3. The van der Waals surface area contributed by atoms with Crippen molar-refractivity contribution in [1.82, 2.24) is 0 Å². The molecule has 1 N–H and O–H groups in total. The summed E-state index contributed by atoms with van der Waals surface area (Å²) in [6.07, 6.45) is 0. The molecule has 0 saturated heterocycles. The van der Waals surface area contributed by atoms with Crippen molar-refractivity contribution in [1.29, 1.82) is 0 Å². The molecule has 3 rings (SSSR count). The Kier molecular flexibility index (Phi) is 4.39. The first kappa shape index (κ1) is 14.9. The minimum Gasteiger partial charge on any atom is -0.508 e. The van der Waals surface area contributed by atoms with Crippen molar-refractivity contribution < 1.29 is 5.11 Å². The number of phenolic OH excluding ortho intramolecular Hbond substituents is 1. The molecule has 0 spiro atoms. The number of hydrazone groups is 1. The number of aromatic hydroxyl groups is 1. The van der Waals surface area contributed by atoms with E-state index in [1.54, 1.807) is 12.1 Å². The smallest absolute Gasteiger partial charge is 0.115 e. The van der Waals surface area contributed by atoms with Crippen LogP contribution in [-0.2, 0) is 0 Å². The molecule has 0 aliphatic heterocycles. The Morgan fingerprint density at radius 3 is 1.70 bits per heavy atom. The Morgan fingerprint density at radius 1 is 0.739 bits per heavy atom. The zero-order valence-electron chi connectivity index (χ0n) is 12.9. The maximum atomic E-state index is 9.43. The third-order valence-electron chi connectivity index (χ3n) is 3.54. The molecule has 0 amide bonds. The first-order valence-electron chi connectivity index (χ1n) is 7.49. The molecule has 0 bridgehead atoms. The molecule has 0 unspecified atom stereocenters. The molecule has 0 aliphatic rings. The van der Waals surface area contributed by atoms with E-state index < -0.39 is 0 Å². The van der Waals surface area contributed by atoms with Crippen molar-refractivity contribution in [2.24, 2.45) is 5.10 Å². The van der Waals surface area contributed by atoms with Gasteiger partial charge in [0.25, 0.3) is 0 Å². The van der Waals surface area contributed by atoms with E-state index in [0.29, 0.717) is 0 Å². The van der Waals surface area contributed by atoms with Gasteiger partial charge in [-0.25, -0.2) is 5.01 Å². The molecule has 0 atom stereocenters. The third-order valence-corrected chi connectivity index (χ3v) is 3.54. The van der Waals surface area contributed by atoms with Gasteiger partial charge in [-0.2, -0.15) is 5.10 Å². The Morgan fingerprint density at radius 2 is 1.22 bits per heavy atom. The summed E-state index contributed by atoms with van der Waals surface area (Å²) in [7, 11) is 0. The summed E-state index contributed by atoms with van der Waals surface area (Å²) in [5.41, 5.74) is 3.84. The zero-order valence-corrected chi connectivity index (χ0v) is 12.9.